The van der Waals surface area contributed by atoms with Gasteiger partial charge >= 0.3 is 0 Å². The monoisotopic (exact) mass is 827 g/mol. The maximum Gasteiger partial charge on any atom is 0.164 e. The second-order valence-electron chi connectivity index (χ2n) is 17.9. The van der Waals surface area contributed by atoms with E-state index in [0.29, 0.717) is 11.6 Å². The fraction of sp³-hybridized carbons (Fsp3) is 0.121. The zero-order valence-electron chi connectivity index (χ0n) is 36.3. The fourth-order valence-electron chi connectivity index (χ4n) is 11.5. The van der Waals surface area contributed by atoms with Crippen molar-refractivity contribution >= 4 is 18.4 Å². The van der Waals surface area contributed by atoms with Crippen molar-refractivity contribution in [3.63, 3.8) is 0 Å². The molecule has 0 amide bonds. The smallest absolute Gasteiger partial charge is 0.164 e. The normalized spacial score (nSPS) is 14.3. The van der Waals surface area contributed by atoms with Crippen molar-refractivity contribution in [1.82, 2.24) is 15.0 Å². The molecule has 0 saturated heterocycles. The topological polar surface area (TPSA) is 47.9 Å². The number of hydrogen-bond donors (Lipinski definition) is 0. The molecule has 302 valence electrons. The molecule has 0 radical (unpaired) electrons. The number of rotatable bonds is 4. The van der Waals surface area contributed by atoms with E-state index in [1.165, 1.54) is 88.3 Å². The van der Waals surface area contributed by atoms with Crippen molar-refractivity contribution in [2.45, 2.75) is 46.2 Å². The highest BCUT2D eigenvalue weighted by Crippen LogP contribution is 2.63. The third-order valence-electron chi connectivity index (χ3n) is 14.5. The first-order chi connectivity index (χ1) is 30.7. The number of fused-ring (bicyclic) bond motifs is 12. The molecular formula is C58H45N3OSi. The van der Waals surface area contributed by atoms with E-state index in [9.17, 15) is 0 Å². The number of benzene rings is 8. The molecule has 12 rings (SSSR count). The van der Waals surface area contributed by atoms with Gasteiger partial charge in [0.05, 0.1) is 5.41 Å². The largest absolute Gasteiger partial charge is 0.457 e. The molecule has 4 nitrogen and oxygen atoms in total. The molecule has 63 heavy (non-hydrogen) atoms. The van der Waals surface area contributed by atoms with Crippen LogP contribution >= 0.6 is 0 Å². The molecule has 2 aliphatic heterocycles. The second-order valence-corrected chi connectivity index (χ2v) is 22.2. The summed E-state index contributed by atoms with van der Waals surface area (Å²) in [5.41, 5.74) is 20.0. The molecule has 3 aliphatic rings. The Bertz CT molecular complexity index is 3330. The third-order valence-corrected chi connectivity index (χ3v) is 18.0. The Morgan fingerprint density at radius 1 is 0.381 bits per heavy atom. The third kappa shape index (κ3) is 5.11. The molecule has 5 heteroatoms. The van der Waals surface area contributed by atoms with Gasteiger partial charge < -0.3 is 4.74 Å². The summed E-state index contributed by atoms with van der Waals surface area (Å²) in [4.78, 5) is 16.1. The Hall–Kier alpha value is -7.21. The number of ether oxygens (including phenoxy) is 1. The van der Waals surface area contributed by atoms with Gasteiger partial charge in [0.15, 0.2) is 17.5 Å². The lowest BCUT2D eigenvalue weighted by Gasteiger charge is -2.39. The van der Waals surface area contributed by atoms with Crippen LogP contribution < -0.4 is 15.1 Å². The molecule has 0 bridgehead atoms. The van der Waals surface area contributed by atoms with Crippen LogP contribution in [0.2, 0.25) is 13.1 Å². The van der Waals surface area contributed by atoms with Gasteiger partial charge in [-0.25, -0.2) is 15.0 Å². The minimum atomic E-state index is -2.08. The molecule has 1 aromatic heterocycles. The average Bonchev–Trinajstić information content (AvgIpc) is 3.75. The average molecular weight is 828 g/mol. The Morgan fingerprint density at radius 2 is 0.873 bits per heavy atom. The number of hydrogen-bond acceptors (Lipinski definition) is 4. The first-order valence-corrected chi connectivity index (χ1v) is 25.0. The molecule has 3 heterocycles. The van der Waals surface area contributed by atoms with E-state index in [1.54, 1.807) is 0 Å². The van der Waals surface area contributed by atoms with E-state index in [4.69, 9.17) is 19.7 Å². The van der Waals surface area contributed by atoms with Gasteiger partial charge in [0.25, 0.3) is 0 Å². The number of aromatic nitrogens is 3. The van der Waals surface area contributed by atoms with Crippen LogP contribution in [-0.2, 0) is 5.41 Å². The summed E-state index contributed by atoms with van der Waals surface area (Å²) in [6, 6.07) is 59.1. The molecule has 0 fully saturated rings. The molecule has 9 aromatic rings. The zero-order valence-corrected chi connectivity index (χ0v) is 37.3. The van der Waals surface area contributed by atoms with Crippen LogP contribution in [0.5, 0.6) is 11.5 Å². The van der Waals surface area contributed by atoms with Crippen LogP contribution in [0.1, 0.15) is 44.5 Å². The standard InChI is InChI=1S/C58H45N3OSi/c1-34-36(3)52(57-60-55(38-20-8-7-9-21-38)59-56(61-57)43-26-18-24-40-39-22-11-17-33-50(39)63(5,6)54(40)43)37(4)35(2)51(34)42-25-19-30-47-53(42)41-23-10-12-27-44(41)58(47)45-28-13-15-31-48(45)62-49-32-16-14-29-46(49)58/h7-33H,1-6H3. The minimum Gasteiger partial charge on any atom is -0.457 e. The first-order valence-electron chi connectivity index (χ1n) is 22.0. The predicted octanol–water partition coefficient (Wildman–Crippen LogP) is 13.0. The SMILES string of the molecule is Cc1c(C)c(-c2cccc3c2-c2ccccc2C32c3ccccc3Oc3ccccc32)c(C)c(C)c1-c1nc(-c2ccccc2)nc(-c2cccc3c2[Si](C)(C)c2ccccc2-3)n1. The van der Waals surface area contributed by atoms with Crippen molar-refractivity contribution < 1.29 is 4.74 Å². The van der Waals surface area contributed by atoms with Crippen molar-refractivity contribution in [2.75, 3.05) is 0 Å². The van der Waals surface area contributed by atoms with Gasteiger partial charge in [0.2, 0.25) is 0 Å². The van der Waals surface area contributed by atoms with Gasteiger partial charge in [0.1, 0.15) is 19.6 Å². The summed E-state index contributed by atoms with van der Waals surface area (Å²) in [7, 11) is -2.08. The molecule has 0 saturated carbocycles. The van der Waals surface area contributed by atoms with E-state index in [2.05, 4.69) is 199 Å². The van der Waals surface area contributed by atoms with Gasteiger partial charge in [-0.05, 0) is 117 Å². The highest BCUT2D eigenvalue weighted by Gasteiger charge is 2.51. The van der Waals surface area contributed by atoms with Gasteiger partial charge in [-0.3, -0.25) is 0 Å². The Morgan fingerprint density at radius 3 is 1.59 bits per heavy atom. The van der Waals surface area contributed by atoms with E-state index >= 15 is 0 Å². The second kappa shape index (κ2) is 13.6. The summed E-state index contributed by atoms with van der Waals surface area (Å²) in [6.07, 6.45) is 0. The molecule has 8 aromatic carbocycles. The maximum atomic E-state index is 6.64. The van der Waals surface area contributed by atoms with Gasteiger partial charge in [-0.1, -0.05) is 165 Å². The van der Waals surface area contributed by atoms with E-state index in [-0.39, 0.29) is 0 Å². The molecule has 1 spiro atoms. The van der Waals surface area contributed by atoms with Crippen molar-refractivity contribution in [1.29, 1.82) is 0 Å². The van der Waals surface area contributed by atoms with Crippen LogP contribution in [0.15, 0.2) is 164 Å². The Kier molecular flexibility index (Phi) is 8.13. The Balaban J connectivity index is 1.09. The summed E-state index contributed by atoms with van der Waals surface area (Å²) in [6.45, 7) is 14.0. The molecule has 0 N–H and O–H groups in total. The molecule has 1 aliphatic carbocycles. The molecule has 0 atom stereocenters. The van der Waals surface area contributed by atoms with Crippen LogP contribution in [0.25, 0.3) is 67.5 Å². The molecular weight excluding hydrogens is 783 g/mol. The fourth-order valence-corrected chi connectivity index (χ4v) is 15.0. The van der Waals surface area contributed by atoms with Crippen LogP contribution in [0, 0.1) is 27.7 Å². The summed E-state index contributed by atoms with van der Waals surface area (Å²) >= 11 is 0. The quantitative estimate of drug-likeness (QED) is 0.166. The highest BCUT2D eigenvalue weighted by atomic mass is 28.3. The van der Waals surface area contributed by atoms with Crippen molar-refractivity contribution in [3.05, 3.63) is 208 Å². The summed E-state index contributed by atoms with van der Waals surface area (Å²) < 4.78 is 6.64. The van der Waals surface area contributed by atoms with E-state index < -0.39 is 13.5 Å². The van der Waals surface area contributed by atoms with E-state index in [0.717, 1.165) is 34.0 Å². The van der Waals surface area contributed by atoms with Crippen molar-refractivity contribution in [3.8, 4) is 79.0 Å². The highest BCUT2D eigenvalue weighted by molar-refractivity contribution is 7.04. The lowest BCUT2D eigenvalue weighted by Crippen LogP contribution is -2.50. The van der Waals surface area contributed by atoms with Gasteiger partial charge in [-0.15, -0.1) is 0 Å². The molecule has 0 unspecified atom stereocenters. The summed E-state index contributed by atoms with van der Waals surface area (Å²) in [5, 5.41) is 2.86. The zero-order chi connectivity index (χ0) is 42.8. The number of para-hydroxylation sites is 2. The minimum absolute atomic E-state index is 0.537. The Labute approximate surface area is 370 Å². The maximum absolute atomic E-state index is 6.64. The first kappa shape index (κ1) is 37.5. The van der Waals surface area contributed by atoms with Gasteiger partial charge in [-0.2, -0.15) is 0 Å². The summed E-state index contributed by atoms with van der Waals surface area (Å²) in [5.74, 6) is 3.91. The van der Waals surface area contributed by atoms with Crippen LogP contribution in [0.4, 0.5) is 0 Å². The van der Waals surface area contributed by atoms with Gasteiger partial charge in [0, 0.05) is 27.8 Å². The van der Waals surface area contributed by atoms with Crippen molar-refractivity contribution in [2.24, 2.45) is 0 Å². The lowest BCUT2D eigenvalue weighted by molar-refractivity contribution is 0.436. The van der Waals surface area contributed by atoms with Crippen LogP contribution in [0.3, 0.4) is 0 Å². The number of nitrogens with zero attached hydrogens (tertiary/aromatic N) is 3. The van der Waals surface area contributed by atoms with E-state index in [1.807, 2.05) is 6.07 Å². The van der Waals surface area contributed by atoms with Crippen LogP contribution in [-0.4, -0.2) is 23.0 Å². The lowest BCUT2D eigenvalue weighted by atomic mass is 9.66. The predicted molar refractivity (Wildman–Crippen MR) is 260 cm³/mol.